The molecule has 1 aromatic carbocycles. The average molecular weight is 557 g/mol. The smallest absolute Gasteiger partial charge is 0.167 e. The second-order valence-electron chi connectivity index (χ2n) is 12.2. The van der Waals surface area contributed by atoms with Crippen molar-refractivity contribution in [1.82, 2.24) is 5.32 Å². The maximum Gasteiger partial charge on any atom is 0.167 e. The number of fused-ring (bicyclic) bond motifs is 1. The molecule has 0 amide bonds. The lowest BCUT2D eigenvalue weighted by Crippen LogP contribution is -2.34. The van der Waals surface area contributed by atoms with Gasteiger partial charge in [-0.3, -0.25) is 14.4 Å². The number of aliphatic hydroxyl groups is 2. The Labute approximate surface area is 236 Å². The van der Waals surface area contributed by atoms with Gasteiger partial charge in [0, 0.05) is 44.3 Å². The molecule has 0 aliphatic heterocycles. The van der Waals surface area contributed by atoms with Crippen LogP contribution in [0.5, 0.6) is 5.75 Å². The first kappa shape index (κ1) is 31.5. The minimum absolute atomic E-state index is 0.0872. The fourth-order valence-corrected chi connectivity index (χ4v) is 5.62. The molecular formula is C31H44N2O7. The molecule has 3 rings (SSSR count). The lowest BCUT2D eigenvalue weighted by atomic mass is 9.73. The minimum Gasteiger partial charge on any atom is -0.506 e. The van der Waals surface area contributed by atoms with Crippen molar-refractivity contribution in [3.05, 3.63) is 35.1 Å². The van der Waals surface area contributed by atoms with E-state index >= 15 is 0 Å². The summed E-state index contributed by atoms with van der Waals surface area (Å²) in [6.07, 6.45) is 1.10. The van der Waals surface area contributed by atoms with Gasteiger partial charge in [0.1, 0.15) is 28.8 Å². The molecule has 0 bridgehead atoms. The summed E-state index contributed by atoms with van der Waals surface area (Å²) in [5, 5.41) is 34.3. The van der Waals surface area contributed by atoms with Crippen molar-refractivity contribution >= 4 is 23.0 Å². The first-order valence-electron chi connectivity index (χ1n) is 13.9. The average Bonchev–Trinajstić information content (AvgIpc) is 3.31. The highest BCUT2D eigenvalue weighted by molar-refractivity contribution is 6.05. The number of phenolic OH excluding ortho intramolecular Hbond substituents is 1. The van der Waals surface area contributed by atoms with Gasteiger partial charge >= 0.3 is 0 Å². The predicted octanol–water partition coefficient (Wildman–Crippen LogP) is 3.90. The Balaban J connectivity index is 1.93. The van der Waals surface area contributed by atoms with Crippen LogP contribution in [0.3, 0.4) is 0 Å². The van der Waals surface area contributed by atoms with Crippen LogP contribution in [0, 0.1) is 17.8 Å². The van der Waals surface area contributed by atoms with Crippen LogP contribution < -0.4 is 10.2 Å². The number of carbonyl (C=O) groups excluding carboxylic acids is 3. The van der Waals surface area contributed by atoms with Crippen LogP contribution in [0.1, 0.15) is 75.1 Å². The summed E-state index contributed by atoms with van der Waals surface area (Å²) in [6.45, 7) is 7.46. The molecule has 0 spiro atoms. The Morgan fingerprint density at radius 1 is 1.18 bits per heavy atom. The van der Waals surface area contributed by atoms with Crippen LogP contribution in [0.2, 0.25) is 0 Å². The summed E-state index contributed by atoms with van der Waals surface area (Å²) in [5.41, 5.74) is 2.16. The van der Waals surface area contributed by atoms with E-state index in [-0.39, 0.29) is 71.9 Å². The lowest BCUT2D eigenvalue weighted by molar-refractivity contribution is -0.131. The van der Waals surface area contributed by atoms with E-state index in [4.69, 9.17) is 4.42 Å². The second kappa shape index (κ2) is 13.1. The topological polar surface area (TPSA) is 140 Å². The minimum atomic E-state index is -0.780. The van der Waals surface area contributed by atoms with E-state index in [1.165, 1.54) is 6.92 Å². The van der Waals surface area contributed by atoms with E-state index in [1.54, 1.807) is 6.07 Å². The fraction of sp³-hybridized carbons (Fsp3) is 0.581. The van der Waals surface area contributed by atoms with Crippen molar-refractivity contribution in [2.45, 2.75) is 71.9 Å². The number of aromatic hydroxyl groups is 1. The molecule has 0 saturated heterocycles. The van der Waals surface area contributed by atoms with Crippen LogP contribution in [0.4, 0.5) is 5.69 Å². The standard InChI is InChI=1S/C31H44N2O7/c1-18(36)11-26(37)24(17-35)20(9-10-34)12-19-13-22-25(33(5)6)15-23(30(39)29(22)27(38)14-19)28-8-7-21(40-28)16-32-31(2,3)4/h7-8,15,19-20,24,32,34-35,39H,9-14,16-17H2,1-6H3. The van der Waals surface area contributed by atoms with E-state index in [9.17, 15) is 29.7 Å². The number of nitrogens with zero attached hydrogens (tertiary/aromatic N) is 1. The molecule has 40 heavy (non-hydrogen) atoms. The number of phenols is 1. The van der Waals surface area contributed by atoms with Crippen LogP contribution in [-0.2, 0) is 22.6 Å². The highest BCUT2D eigenvalue weighted by Crippen LogP contribution is 2.45. The SMILES string of the molecule is CC(=O)CC(=O)C(CO)C(CCO)CC1CC(=O)c2c(O)c(-c3ccc(CNC(C)(C)C)o3)cc(N(C)C)c2C1. The Kier molecular flexibility index (Phi) is 10.3. The van der Waals surface area contributed by atoms with E-state index in [0.29, 0.717) is 36.5 Å². The number of aliphatic hydroxyl groups excluding tert-OH is 2. The monoisotopic (exact) mass is 556 g/mol. The molecule has 3 atom stereocenters. The summed E-state index contributed by atoms with van der Waals surface area (Å²) >= 11 is 0. The molecule has 0 fully saturated rings. The van der Waals surface area contributed by atoms with Crippen LogP contribution >= 0.6 is 0 Å². The molecule has 1 aliphatic carbocycles. The number of nitrogens with one attached hydrogen (secondary N) is 1. The van der Waals surface area contributed by atoms with Gasteiger partial charge in [0.15, 0.2) is 5.78 Å². The summed E-state index contributed by atoms with van der Waals surface area (Å²) in [4.78, 5) is 39.6. The third-order valence-electron chi connectivity index (χ3n) is 7.57. The molecule has 9 nitrogen and oxygen atoms in total. The number of furan rings is 1. The largest absolute Gasteiger partial charge is 0.506 e. The Bertz CT molecular complexity index is 1230. The zero-order valence-electron chi connectivity index (χ0n) is 24.5. The molecule has 4 N–H and O–H groups in total. The Hall–Kier alpha value is -3.01. The van der Waals surface area contributed by atoms with Crippen LogP contribution in [-0.4, -0.2) is 65.5 Å². The molecule has 1 aromatic heterocycles. The van der Waals surface area contributed by atoms with Gasteiger partial charge in [0.2, 0.25) is 0 Å². The molecular weight excluding hydrogens is 512 g/mol. The molecule has 0 saturated carbocycles. The Morgan fingerprint density at radius 3 is 2.45 bits per heavy atom. The quantitative estimate of drug-likeness (QED) is 0.270. The van der Waals surface area contributed by atoms with Gasteiger partial charge in [-0.15, -0.1) is 0 Å². The number of hydrogen-bond acceptors (Lipinski definition) is 9. The number of benzene rings is 1. The molecule has 1 heterocycles. The zero-order chi connectivity index (χ0) is 29.8. The molecule has 2 aromatic rings. The Morgan fingerprint density at radius 2 is 1.88 bits per heavy atom. The fourth-order valence-electron chi connectivity index (χ4n) is 5.62. The third-order valence-corrected chi connectivity index (χ3v) is 7.57. The maximum atomic E-state index is 13.5. The van der Waals surface area contributed by atoms with Crippen LogP contribution in [0.25, 0.3) is 11.3 Å². The summed E-state index contributed by atoms with van der Waals surface area (Å²) in [6, 6.07) is 5.48. The van der Waals surface area contributed by atoms with Gasteiger partial charge in [-0.25, -0.2) is 0 Å². The van der Waals surface area contributed by atoms with Gasteiger partial charge in [0.05, 0.1) is 30.7 Å². The number of rotatable bonds is 13. The number of Topliss-reactive ketones (excluding diaryl/α,β-unsaturated/α-hetero) is 3. The van der Waals surface area contributed by atoms with E-state index in [1.807, 2.05) is 31.1 Å². The van der Waals surface area contributed by atoms with E-state index < -0.39 is 12.5 Å². The lowest BCUT2D eigenvalue weighted by Gasteiger charge is -2.33. The summed E-state index contributed by atoms with van der Waals surface area (Å²) < 4.78 is 6.04. The number of anilines is 1. The van der Waals surface area contributed by atoms with Crippen molar-refractivity contribution in [3.63, 3.8) is 0 Å². The maximum absolute atomic E-state index is 13.5. The van der Waals surface area contributed by atoms with Gasteiger partial charge in [0.25, 0.3) is 0 Å². The van der Waals surface area contributed by atoms with Crippen molar-refractivity contribution < 1.29 is 34.1 Å². The zero-order valence-corrected chi connectivity index (χ0v) is 24.5. The van der Waals surface area contributed by atoms with Gasteiger partial charge in [-0.1, -0.05) is 0 Å². The molecule has 1 aliphatic rings. The molecule has 220 valence electrons. The van der Waals surface area contributed by atoms with E-state index in [0.717, 1.165) is 11.3 Å². The van der Waals surface area contributed by atoms with Crippen LogP contribution in [0.15, 0.2) is 22.6 Å². The first-order valence-corrected chi connectivity index (χ1v) is 13.9. The summed E-state index contributed by atoms with van der Waals surface area (Å²) in [5.74, 6) is -1.05. The van der Waals surface area contributed by atoms with Gasteiger partial charge in [-0.2, -0.15) is 0 Å². The summed E-state index contributed by atoms with van der Waals surface area (Å²) in [7, 11) is 3.75. The predicted molar refractivity (Wildman–Crippen MR) is 154 cm³/mol. The van der Waals surface area contributed by atoms with Crippen molar-refractivity contribution in [2.75, 3.05) is 32.2 Å². The first-order chi connectivity index (χ1) is 18.7. The number of hydrogen-bond donors (Lipinski definition) is 4. The van der Waals surface area contributed by atoms with Crippen molar-refractivity contribution in [1.29, 1.82) is 0 Å². The molecule has 3 unspecified atom stereocenters. The van der Waals surface area contributed by atoms with Crippen molar-refractivity contribution in [2.24, 2.45) is 17.8 Å². The molecule has 0 radical (unpaired) electrons. The highest BCUT2D eigenvalue weighted by Gasteiger charge is 2.36. The van der Waals surface area contributed by atoms with Gasteiger partial charge in [-0.05, 0) is 82.6 Å². The number of ketones is 3. The van der Waals surface area contributed by atoms with E-state index in [2.05, 4.69) is 26.1 Å². The van der Waals surface area contributed by atoms with Crippen molar-refractivity contribution in [3.8, 4) is 17.1 Å². The third kappa shape index (κ3) is 7.59. The second-order valence-corrected chi connectivity index (χ2v) is 12.2. The van der Waals surface area contributed by atoms with Gasteiger partial charge < -0.3 is 30.0 Å². The number of carbonyl (C=O) groups is 3. The highest BCUT2D eigenvalue weighted by atomic mass is 16.3. The molecule has 9 heteroatoms. The normalized spacial score (nSPS) is 16.9.